The standard InChI is InChI=1S/C54H40N4Si2/c1-7-19-41(20-8-1)43-31-35-51-45(39-43)33-37-53(55-51)57-59(47-23-11-3-12-24-47,48-25-13-4-14-26-48)58(60(57,49-27-15-5-16-28-49)50-29-17-6-18-30-50)54-38-34-46-40-44(32-36-52(46)56-54)42-21-9-2-10-22-42/h1-40H. The number of hydrogen-bond donors (Lipinski definition) is 0. The molecule has 0 atom stereocenters. The van der Waals surface area contributed by atoms with Gasteiger partial charge in [-0.2, -0.15) is 0 Å². The van der Waals surface area contributed by atoms with E-state index in [1.807, 2.05) is 0 Å². The predicted molar refractivity (Wildman–Crippen MR) is 255 cm³/mol. The Kier molecular flexibility index (Phi) is 8.80. The van der Waals surface area contributed by atoms with E-state index in [1.165, 1.54) is 43.0 Å². The van der Waals surface area contributed by atoms with Gasteiger partial charge < -0.3 is 8.46 Å². The van der Waals surface area contributed by atoms with Gasteiger partial charge in [0, 0.05) is 10.8 Å². The highest BCUT2D eigenvalue weighted by Crippen LogP contribution is 2.45. The number of benzene rings is 8. The Morgan fingerprint density at radius 1 is 0.267 bits per heavy atom. The molecule has 8 aromatic carbocycles. The maximum Gasteiger partial charge on any atom is 0.320 e. The lowest BCUT2D eigenvalue weighted by Gasteiger charge is -2.71. The Labute approximate surface area is 352 Å². The van der Waals surface area contributed by atoms with Crippen molar-refractivity contribution in [3.63, 3.8) is 0 Å². The van der Waals surface area contributed by atoms with E-state index in [0.29, 0.717) is 0 Å². The summed E-state index contributed by atoms with van der Waals surface area (Å²) in [5.41, 5.74) is 6.69. The number of hydrogen-bond acceptors (Lipinski definition) is 4. The summed E-state index contributed by atoms with van der Waals surface area (Å²) in [5.74, 6) is 1.94. The second-order valence-corrected chi connectivity index (χ2v) is 23.0. The molecule has 0 bridgehead atoms. The molecule has 1 saturated heterocycles. The first kappa shape index (κ1) is 35.8. The molecule has 6 heteroatoms. The lowest BCUT2D eigenvalue weighted by molar-refractivity contribution is 1.15. The Bertz CT molecular complexity index is 2790. The van der Waals surface area contributed by atoms with Gasteiger partial charge in [0.2, 0.25) is 0 Å². The van der Waals surface area contributed by atoms with Crippen LogP contribution in [-0.4, -0.2) is 26.8 Å². The normalized spacial score (nSPS) is 14.2. The van der Waals surface area contributed by atoms with Crippen LogP contribution in [0, 0.1) is 0 Å². The molecule has 0 radical (unpaired) electrons. The number of rotatable bonds is 8. The molecule has 11 rings (SSSR count). The summed E-state index contributed by atoms with van der Waals surface area (Å²) in [4.78, 5) is 11.4. The van der Waals surface area contributed by atoms with Crippen LogP contribution < -0.4 is 29.2 Å². The highest BCUT2D eigenvalue weighted by atomic mass is 28.5. The zero-order valence-corrected chi connectivity index (χ0v) is 34.9. The summed E-state index contributed by atoms with van der Waals surface area (Å²) < 4.78 is 5.65. The fourth-order valence-electron chi connectivity index (χ4n) is 9.43. The first-order valence-electron chi connectivity index (χ1n) is 20.5. The molecular weight excluding hydrogens is 761 g/mol. The summed E-state index contributed by atoms with van der Waals surface area (Å²) in [6.07, 6.45) is 0. The lowest BCUT2D eigenvalue weighted by Crippen LogP contribution is -3.07. The van der Waals surface area contributed by atoms with Gasteiger partial charge in [0.05, 0.1) is 11.0 Å². The number of anilines is 2. The molecule has 0 spiro atoms. The predicted octanol–water partition coefficient (Wildman–Crippen LogP) is 9.96. The third-order valence-electron chi connectivity index (χ3n) is 12.0. The summed E-state index contributed by atoms with van der Waals surface area (Å²) >= 11 is 0. The van der Waals surface area contributed by atoms with Crippen LogP contribution in [0.3, 0.4) is 0 Å². The highest BCUT2D eigenvalue weighted by Gasteiger charge is 2.75. The van der Waals surface area contributed by atoms with E-state index >= 15 is 0 Å². The maximum atomic E-state index is 5.69. The molecule has 1 aliphatic rings. The van der Waals surface area contributed by atoms with Crippen molar-refractivity contribution in [3.05, 3.63) is 243 Å². The summed E-state index contributed by atoms with van der Waals surface area (Å²) in [7, 11) is -6.47. The first-order valence-corrected chi connectivity index (χ1v) is 24.3. The zero-order chi connectivity index (χ0) is 39.9. The van der Waals surface area contributed by atoms with Gasteiger partial charge >= 0.3 is 16.8 Å². The fourth-order valence-corrected chi connectivity index (χ4v) is 24.4. The third kappa shape index (κ3) is 5.64. The van der Waals surface area contributed by atoms with E-state index in [0.717, 1.165) is 33.4 Å². The molecule has 10 aromatic rings. The molecule has 60 heavy (non-hydrogen) atoms. The molecular formula is C54H40N4Si2. The smallest absolute Gasteiger partial charge is 0.320 e. The minimum absolute atomic E-state index is 0.969. The lowest BCUT2D eigenvalue weighted by atomic mass is 10.0. The minimum atomic E-state index is -3.23. The zero-order valence-electron chi connectivity index (χ0n) is 32.9. The van der Waals surface area contributed by atoms with E-state index in [-0.39, 0.29) is 0 Å². The van der Waals surface area contributed by atoms with Crippen LogP contribution >= 0.6 is 0 Å². The molecule has 4 nitrogen and oxygen atoms in total. The van der Waals surface area contributed by atoms with Gasteiger partial charge in [0.1, 0.15) is 11.6 Å². The number of pyridine rings is 2. The SMILES string of the molecule is c1ccc(-c2ccc3nc(N4[Si](c5ccccc5)(c5ccccc5)N(c5ccc6cc(-c7ccccc7)ccc6n5)[Si]4(c4ccccc4)c4ccccc4)ccc3c2)cc1. The molecule has 0 N–H and O–H groups in total. The summed E-state index contributed by atoms with van der Waals surface area (Å²) in [6, 6.07) is 88.2. The van der Waals surface area contributed by atoms with Crippen LogP contribution in [-0.2, 0) is 0 Å². The second-order valence-electron chi connectivity index (χ2n) is 15.4. The van der Waals surface area contributed by atoms with Gasteiger partial charge in [-0.05, 0) is 91.5 Å². The van der Waals surface area contributed by atoms with Crippen molar-refractivity contribution < 1.29 is 0 Å². The van der Waals surface area contributed by atoms with Crippen LogP contribution in [0.2, 0.25) is 0 Å². The monoisotopic (exact) mass is 800 g/mol. The van der Waals surface area contributed by atoms with Crippen molar-refractivity contribution in [1.82, 2.24) is 9.97 Å². The van der Waals surface area contributed by atoms with Gasteiger partial charge in [-0.15, -0.1) is 0 Å². The molecule has 3 heterocycles. The van der Waals surface area contributed by atoms with Crippen LogP contribution in [0.5, 0.6) is 0 Å². The van der Waals surface area contributed by atoms with Gasteiger partial charge in [-0.25, -0.2) is 9.97 Å². The topological polar surface area (TPSA) is 32.3 Å². The average Bonchev–Trinajstić information content (AvgIpc) is 3.33. The third-order valence-corrected chi connectivity index (χ3v) is 24.0. The number of fused-ring (bicyclic) bond motifs is 2. The molecule has 0 amide bonds. The molecule has 0 saturated carbocycles. The average molecular weight is 801 g/mol. The van der Waals surface area contributed by atoms with Crippen molar-refractivity contribution in [2.75, 3.05) is 8.46 Å². The summed E-state index contributed by atoms with van der Waals surface area (Å²) in [5, 5.41) is 7.31. The van der Waals surface area contributed by atoms with Crippen molar-refractivity contribution in [3.8, 4) is 22.3 Å². The highest BCUT2D eigenvalue weighted by molar-refractivity contribution is 7.38. The van der Waals surface area contributed by atoms with Crippen molar-refractivity contribution in [2.24, 2.45) is 0 Å². The molecule has 0 aliphatic carbocycles. The van der Waals surface area contributed by atoms with Gasteiger partial charge in [-0.3, -0.25) is 0 Å². The first-order chi connectivity index (χ1) is 29.7. The molecule has 1 fully saturated rings. The fraction of sp³-hybridized carbons (Fsp3) is 0. The van der Waals surface area contributed by atoms with E-state index in [9.17, 15) is 0 Å². The maximum absolute atomic E-state index is 5.69. The van der Waals surface area contributed by atoms with Crippen molar-refractivity contribution >= 4 is 71.0 Å². The van der Waals surface area contributed by atoms with Gasteiger partial charge in [-0.1, -0.05) is 194 Å². The molecule has 1 aliphatic heterocycles. The largest absolute Gasteiger partial charge is 0.363 e. The van der Waals surface area contributed by atoms with Crippen LogP contribution in [0.15, 0.2) is 243 Å². The van der Waals surface area contributed by atoms with Crippen LogP contribution in [0.25, 0.3) is 44.1 Å². The van der Waals surface area contributed by atoms with Gasteiger partial charge in [0.25, 0.3) is 0 Å². The summed E-state index contributed by atoms with van der Waals surface area (Å²) in [6.45, 7) is 0. The minimum Gasteiger partial charge on any atom is -0.363 e. The Hall–Kier alpha value is -7.39. The van der Waals surface area contributed by atoms with Gasteiger partial charge in [0.15, 0.2) is 0 Å². The number of aromatic nitrogens is 2. The Morgan fingerprint density at radius 2 is 0.567 bits per heavy atom. The Morgan fingerprint density at radius 3 is 0.883 bits per heavy atom. The van der Waals surface area contributed by atoms with E-state index < -0.39 is 16.8 Å². The van der Waals surface area contributed by atoms with E-state index in [1.54, 1.807) is 0 Å². The Balaban J connectivity index is 1.22. The molecule has 2 aromatic heterocycles. The second kappa shape index (κ2) is 14.8. The van der Waals surface area contributed by atoms with Crippen LogP contribution in [0.1, 0.15) is 0 Å². The van der Waals surface area contributed by atoms with Crippen molar-refractivity contribution in [2.45, 2.75) is 0 Å². The number of nitrogens with zero attached hydrogens (tertiary/aromatic N) is 4. The van der Waals surface area contributed by atoms with E-state index in [4.69, 9.17) is 9.97 Å². The van der Waals surface area contributed by atoms with Crippen LogP contribution in [0.4, 0.5) is 11.6 Å². The van der Waals surface area contributed by atoms with Crippen molar-refractivity contribution in [1.29, 1.82) is 0 Å². The quantitative estimate of drug-likeness (QED) is 0.143. The molecule has 284 valence electrons. The van der Waals surface area contributed by atoms with E-state index in [2.05, 4.69) is 251 Å². The molecule has 0 unspecified atom stereocenters.